The second-order valence-corrected chi connectivity index (χ2v) is 8.07. The van der Waals surface area contributed by atoms with Gasteiger partial charge < -0.3 is 10.1 Å². The fourth-order valence-corrected chi connectivity index (χ4v) is 4.79. The standard InChI is InChI=1S/C22H18FN3O2S/c23-14-1-2-15(25-11-14)13-28-17-6-8-26(22(27)10-17)16-3-4-20-19(9-16)18-5-7-24-12-21(18)29-20/h1-4,6,8-11,24H,5,7,12-13H2. The molecule has 1 aliphatic heterocycles. The van der Waals surface area contributed by atoms with Crippen molar-refractivity contribution < 1.29 is 9.13 Å². The van der Waals surface area contributed by atoms with Gasteiger partial charge in [0, 0.05) is 34.1 Å². The first-order valence-electron chi connectivity index (χ1n) is 9.39. The van der Waals surface area contributed by atoms with Gasteiger partial charge in [0.05, 0.1) is 11.9 Å². The van der Waals surface area contributed by atoms with Crippen molar-refractivity contribution in [1.29, 1.82) is 0 Å². The van der Waals surface area contributed by atoms with E-state index in [0.717, 1.165) is 31.4 Å². The second-order valence-electron chi connectivity index (χ2n) is 6.94. The van der Waals surface area contributed by atoms with Gasteiger partial charge in [0.25, 0.3) is 5.56 Å². The molecule has 0 fully saturated rings. The molecule has 5 rings (SSSR count). The van der Waals surface area contributed by atoms with Gasteiger partial charge in [-0.05, 0) is 60.3 Å². The maximum absolute atomic E-state index is 12.9. The number of aromatic nitrogens is 2. The van der Waals surface area contributed by atoms with Crippen molar-refractivity contribution in [3.8, 4) is 11.4 Å². The monoisotopic (exact) mass is 407 g/mol. The highest BCUT2D eigenvalue weighted by atomic mass is 32.1. The van der Waals surface area contributed by atoms with Crippen LogP contribution in [0.3, 0.4) is 0 Å². The Labute approximate surface area is 170 Å². The summed E-state index contributed by atoms with van der Waals surface area (Å²) < 4.78 is 21.4. The molecule has 146 valence electrons. The smallest absolute Gasteiger partial charge is 0.258 e. The molecular weight excluding hydrogens is 389 g/mol. The normalized spacial score (nSPS) is 13.4. The van der Waals surface area contributed by atoms with Crippen LogP contribution in [0.25, 0.3) is 15.8 Å². The van der Waals surface area contributed by atoms with E-state index in [0.29, 0.717) is 11.4 Å². The molecule has 0 aliphatic carbocycles. The lowest BCUT2D eigenvalue weighted by Gasteiger charge is -2.13. The van der Waals surface area contributed by atoms with E-state index in [2.05, 4.69) is 22.4 Å². The fourth-order valence-electron chi connectivity index (χ4n) is 3.58. The Hall–Kier alpha value is -3.03. The van der Waals surface area contributed by atoms with Crippen LogP contribution in [0.4, 0.5) is 4.39 Å². The number of hydrogen-bond donors (Lipinski definition) is 1. The summed E-state index contributed by atoms with van der Waals surface area (Å²) in [4.78, 5) is 18.0. The van der Waals surface area contributed by atoms with Gasteiger partial charge in [-0.2, -0.15) is 0 Å². The van der Waals surface area contributed by atoms with Gasteiger partial charge in [-0.1, -0.05) is 0 Å². The van der Waals surface area contributed by atoms with Crippen LogP contribution in [0.2, 0.25) is 0 Å². The minimum absolute atomic E-state index is 0.167. The van der Waals surface area contributed by atoms with Crippen molar-refractivity contribution in [3.63, 3.8) is 0 Å². The first-order valence-corrected chi connectivity index (χ1v) is 10.2. The molecule has 1 aromatic carbocycles. The Morgan fingerprint density at radius 1 is 1.21 bits per heavy atom. The number of nitrogens with zero attached hydrogens (tertiary/aromatic N) is 2. The Morgan fingerprint density at radius 2 is 2.14 bits per heavy atom. The van der Waals surface area contributed by atoms with E-state index < -0.39 is 5.82 Å². The van der Waals surface area contributed by atoms with Gasteiger partial charge in [-0.3, -0.25) is 14.3 Å². The quantitative estimate of drug-likeness (QED) is 0.559. The minimum atomic E-state index is -0.392. The maximum Gasteiger partial charge on any atom is 0.258 e. The minimum Gasteiger partial charge on any atom is -0.487 e. The molecular formula is C22H18FN3O2S. The summed E-state index contributed by atoms with van der Waals surface area (Å²) >= 11 is 1.82. The van der Waals surface area contributed by atoms with E-state index in [9.17, 15) is 9.18 Å². The highest BCUT2D eigenvalue weighted by Gasteiger charge is 2.16. The van der Waals surface area contributed by atoms with Crippen LogP contribution >= 0.6 is 11.3 Å². The largest absolute Gasteiger partial charge is 0.487 e. The van der Waals surface area contributed by atoms with E-state index in [1.165, 1.54) is 32.7 Å². The highest BCUT2D eigenvalue weighted by Crippen LogP contribution is 2.34. The van der Waals surface area contributed by atoms with Gasteiger partial charge in [0.2, 0.25) is 0 Å². The fraction of sp³-hybridized carbons (Fsp3) is 0.182. The average molecular weight is 407 g/mol. The first kappa shape index (κ1) is 18.0. The van der Waals surface area contributed by atoms with Crippen molar-refractivity contribution in [2.45, 2.75) is 19.6 Å². The average Bonchev–Trinajstić information content (AvgIpc) is 3.11. The molecule has 4 aromatic rings. The van der Waals surface area contributed by atoms with Crippen LogP contribution in [-0.2, 0) is 19.6 Å². The number of fused-ring (bicyclic) bond motifs is 3. The molecule has 0 saturated carbocycles. The van der Waals surface area contributed by atoms with E-state index in [1.807, 2.05) is 17.4 Å². The summed E-state index contributed by atoms with van der Waals surface area (Å²) in [6.45, 7) is 2.07. The molecule has 1 aliphatic rings. The molecule has 7 heteroatoms. The molecule has 0 atom stereocenters. The van der Waals surface area contributed by atoms with Crippen LogP contribution in [0, 0.1) is 5.82 Å². The van der Waals surface area contributed by atoms with E-state index in [1.54, 1.807) is 22.9 Å². The molecule has 0 radical (unpaired) electrons. The van der Waals surface area contributed by atoms with Crippen molar-refractivity contribution in [1.82, 2.24) is 14.9 Å². The summed E-state index contributed by atoms with van der Waals surface area (Å²) in [6.07, 6.45) is 3.88. The number of pyridine rings is 2. The third-order valence-corrected chi connectivity index (χ3v) is 6.25. The van der Waals surface area contributed by atoms with Gasteiger partial charge >= 0.3 is 0 Å². The van der Waals surface area contributed by atoms with Crippen molar-refractivity contribution >= 4 is 21.4 Å². The van der Waals surface area contributed by atoms with Crippen LogP contribution < -0.4 is 15.6 Å². The Morgan fingerprint density at radius 3 is 2.97 bits per heavy atom. The molecule has 5 nitrogen and oxygen atoms in total. The molecule has 0 saturated heterocycles. The van der Waals surface area contributed by atoms with E-state index in [-0.39, 0.29) is 12.2 Å². The number of rotatable bonds is 4. The Balaban J connectivity index is 1.41. The van der Waals surface area contributed by atoms with Crippen molar-refractivity contribution in [3.05, 3.63) is 87.2 Å². The molecule has 3 aromatic heterocycles. The molecule has 1 N–H and O–H groups in total. The topological polar surface area (TPSA) is 56.1 Å². The zero-order valence-electron chi connectivity index (χ0n) is 15.5. The lowest BCUT2D eigenvalue weighted by molar-refractivity contribution is 0.300. The van der Waals surface area contributed by atoms with E-state index in [4.69, 9.17) is 4.74 Å². The van der Waals surface area contributed by atoms with Crippen LogP contribution in [-0.4, -0.2) is 16.1 Å². The molecule has 0 bridgehead atoms. The number of benzene rings is 1. The summed E-state index contributed by atoms with van der Waals surface area (Å²) in [5.41, 5.74) is 2.66. The van der Waals surface area contributed by atoms with Gasteiger partial charge in [0.15, 0.2) is 0 Å². The Bertz CT molecular complexity index is 1250. The zero-order valence-corrected chi connectivity index (χ0v) is 16.3. The SMILES string of the molecule is O=c1cc(OCc2ccc(F)cn2)ccn1-c1ccc2sc3c(c2c1)CCNC3. The van der Waals surface area contributed by atoms with Gasteiger partial charge in [-0.15, -0.1) is 11.3 Å². The third-order valence-electron chi connectivity index (χ3n) is 5.04. The highest BCUT2D eigenvalue weighted by molar-refractivity contribution is 7.19. The summed E-state index contributed by atoms with van der Waals surface area (Å²) in [6, 6.07) is 12.3. The second kappa shape index (κ2) is 7.42. The lowest BCUT2D eigenvalue weighted by atomic mass is 10.0. The van der Waals surface area contributed by atoms with Gasteiger partial charge in [0.1, 0.15) is 18.2 Å². The first-order chi connectivity index (χ1) is 14.2. The summed E-state index contributed by atoms with van der Waals surface area (Å²) in [5.74, 6) is 0.0638. The van der Waals surface area contributed by atoms with Crippen molar-refractivity contribution in [2.24, 2.45) is 0 Å². The van der Waals surface area contributed by atoms with Crippen LogP contribution in [0.1, 0.15) is 16.1 Å². The third kappa shape index (κ3) is 3.54. The summed E-state index contributed by atoms with van der Waals surface area (Å²) in [7, 11) is 0. The molecule has 0 amide bonds. The number of hydrogen-bond acceptors (Lipinski definition) is 5. The molecule has 0 unspecified atom stereocenters. The van der Waals surface area contributed by atoms with Crippen molar-refractivity contribution in [2.75, 3.05) is 6.54 Å². The predicted octanol–water partition coefficient (Wildman–Crippen LogP) is 3.81. The van der Waals surface area contributed by atoms with Crippen LogP contribution in [0.15, 0.2) is 59.7 Å². The molecule has 29 heavy (non-hydrogen) atoms. The Kier molecular flexibility index (Phi) is 4.61. The summed E-state index contributed by atoms with van der Waals surface area (Å²) in [5, 5.41) is 4.64. The van der Waals surface area contributed by atoms with E-state index >= 15 is 0 Å². The lowest BCUT2D eigenvalue weighted by Crippen LogP contribution is -2.22. The zero-order chi connectivity index (χ0) is 19.8. The maximum atomic E-state index is 12.9. The number of ether oxygens (including phenoxy) is 1. The molecule has 0 spiro atoms. The number of thiophene rings is 1. The molecule has 4 heterocycles. The van der Waals surface area contributed by atoms with Crippen LogP contribution in [0.5, 0.6) is 5.75 Å². The predicted molar refractivity (Wildman–Crippen MR) is 111 cm³/mol. The number of halogens is 1. The number of nitrogens with one attached hydrogen (secondary N) is 1. The van der Waals surface area contributed by atoms with Gasteiger partial charge in [-0.25, -0.2) is 4.39 Å².